The molecular weight excluding hydrogens is 424 g/mol. The normalized spacial score (nSPS) is 45.5. The van der Waals surface area contributed by atoms with Gasteiger partial charge in [-0.05, 0) is 92.1 Å². The Hall–Kier alpha value is -1.26. The van der Waals surface area contributed by atoms with Crippen molar-refractivity contribution in [2.24, 2.45) is 34.5 Å². The van der Waals surface area contributed by atoms with Crippen molar-refractivity contribution in [2.45, 2.75) is 108 Å². The lowest BCUT2D eigenvalue weighted by molar-refractivity contribution is -0.314. The standard InChI is InChI=1S/C30H42O4/c1-26(2,3)27(4,32)22-16-28-12-13-30(22,33-5)25-29(28)11-10-18(14-17-6-7-17)20(28)15-19-8-9-21(31)24(34-25)23(19)29/h8-9,17-18,20,22,25,31-32H,6-7,10-16H2,1-5H3/t18?,20-,22?,25+,27?,28+,29?,30+/m0/s1. The first-order chi connectivity index (χ1) is 16.0. The molecule has 4 heteroatoms. The van der Waals surface area contributed by atoms with Crippen LogP contribution in [-0.2, 0) is 16.6 Å². The fraction of sp³-hybridized carbons (Fsp3) is 0.800. The molecule has 4 bridgehead atoms. The molecule has 4 nitrogen and oxygen atoms in total. The third-order valence-corrected chi connectivity index (χ3v) is 12.3. The van der Waals surface area contributed by atoms with Crippen LogP contribution in [0.25, 0.3) is 0 Å². The molecule has 0 aromatic heterocycles. The van der Waals surface area contributed by atoms with Gasteiger partial charge in [0.05, 0.1) is 5.60 Å². The number of fused-ring (bicyclic) bond motifs is 2. The zero-order valence-electron chi connectivity index (χ0n) is 21.6. The van der Waals surface area contributed by atoms with Crippen LogP contribution in [0.2, 0.25) is 0 Å². The summed E-state index contributed by atoms with van der Waals surface area (Å²) in [6.45, 7) is 8.54. The van der Waals surface area contributed by atoms with Crippen molar-refractivity contribution < 1.29 is 19.7 Å². The van der Waals surface area contributed by atoms with E-state index in [-0.39, 0.29) is 34.0 Å². The molecule has 186 valence electrons. The molecule has 0 amide bonds. The highest BCUT2D eigenvalue weighted by Gasteiger charge is 2.82. The Labute approximate surface area is 204 Å². The van der Waals surface area contributed by atoms with Crippen molar-refractivity contribution in [3.05, 3.63) is 23.3 Å². The van der Waals surface area contributed by atoms with Crippen LogP contribution in [0, 0.1) is 34.5 Å². The fourth-order valence-electron chi connectivity index (χ4n) is 10.2. The molecule has 4 unspecified atom stereocenters. The van der Waals surface area contributed by atoms with Gasteiger partial charge in [0.1, 0.15) is 11.7 Å². The van der Waals surface area contributed by atoms with Gasteiger partial charge in [-0.3, -0.25) is 0 Å². The van der Waals surface area contributed by atoms with Gasteiger partial charge in [-0.15, -0.1) is 0 Å². The second kappa shape index (κ2) is 6.35. The largest absolute Gasteiger partial charge is 0.504 e. The second-order valence-corrected chi connectivity index (χ2v) is 14.2. The highest BCUT2D eigenvalue weighted by Crippen LogP contribution is 2.80. The minimum absolute atomic E-state index is 0.00273. The SMILES string of the molecule is CO[C@]12CC[C@@]3(CC1C(C)(O)C(C)(C)C)[C@H]1Cc4ccc(O)c5c4C3(CCC1CC1CC1)[C@H]2O5. The zero-order chi connectivity index (χ0) is 23.9. The highest BCUT2D eigenvalue weighted by molar-refractivity contribution is 5.63. The Kier molecular flexibility index (Phi) is 4.10. The Bertz CT molecular complexity index is 1050. The van der Waals surface area contributed by atoms with E-state index in [1.165, 1.54) is 36.8 Å². The molecular formula is C30H42O4. The number of methoxy groups -OCH3 is 1. The summed E-state index contributed by atoms with van der Waals surface area (Å²) < 4.78 is 13.5. The van der Waals surface area contributed by atoms with Gasteiger partial charge in [-0.1, -0.05) is 39.7 Å². The lowest BCUT2D eigenvalue weighted by Crippen LogP contribution is -2.80. The van der Waals surface area contributed by atoms with Gasteiger partial charge in [0.2, 0.25) is 0 Å². The van der Waals surface area contributed by atoms with E-state index in [0.717, 1.165) is 49.7 Å². The van der Waals surface area contributed by atoms with Gasteiger partial charge >= 0.3 is 0 Å². The molecule has 1 aromatic rings. The van der Waals surface area contributed by atoms with Crippen LogP contribution in [0.15, 0.2) is 12.1 Å². The summed E-state index contributed by atoms with van der Waals surface area (Å²) in [7, 11) is 1.84. The molecule has 8 atom stereocenters. The first kappa shape index (κ1) is 22.0. The predicted molar refractivity (Wildman–Crippen MR) is 131 cm³/mol. The van der Waals surface area contributed by atoms with Gasteiger partial charge in [-0.25, -0.2) is 0 Å². The van der Waals surface area contributed by atoms with E-state index in [4.69, 9.17) is 9.47 Å². The number of rotatable bonds is 4. The van der Waals surface area contributed by atoms with Crippen LogP contribution < -0.4 is 4.74 Å². The summed E-state index contributed by atoms with van der Waals surface area (Å²) in [5.74, 6) is 3.33. The Morgan fingerprint density at radius 1 is 1.09 bits per heavy atom. The van der Waals surface area contributed by atoms with Gasteiger partial charge in [0.15, 0.2) is 11.5 Å². The number of benzene rings is 1. The van der Waals surface area contributed by atoms with Crippen molar-refractivity contribution in [2.75, 3.05) is 7.11 Å². The van der Waals surface area contributed by atoms with Crippen LogP contribution in [0.1, 0.15) is 90.2 Å². The van der Waals surface area contributed by atoms with E-state index in [1.54, 1.807) is 0 Å². The number of aromatic hydroxyl groups is 1. The maximum Gasteiger partial charge on any atom is 0.165 e. The van der Waals surface area contributed by atoms with Crippen molar-refractivity contribution in [1.29, 1.82) is 0 Å². The number of phenolic OH excluding ortho intramolecular Hbond substituents is 1. The van der Waals surface area contributed by atoms with E-state index < -0.39 is 11.2 Å². The molecule has 0 saturated heterocycles. The third-order valence-electron chi connectivity index (χ3n) is 12.3. The topological polar surface area (TPSA) is 58.9 Å². The monoisotopic (exact) mass is 466 g/mol. The predicted octanol–water partition coefficient (Wildman–Crippen LogP) is 5.76. The molecule has 5 saturated carbocycles. The van der Waals surface area contributed by atoms with Crippen LogP contribution >= 0.6 is 0 Å². The van der Waals surface area contributed by atoms with Crippen molar-refractivity contribution >= 4 is 0 Å². The molecule has 1 aromatic carbocycles. The molecule has 5 fully saturated rings. The fourth-order valence-corrected chi connectivity index (χ4v) is 10.2. The number of hydrogen-bond donors (Lipinski definition) is 2. The molecule has 1 heterocycles. The van der Waals surface area contributed by atoms with Crippen LogP contribution in [0.4, 0.5) is 0 Å². The molecule has 8 rings (SSSR count). The molecule has 2 N–H and O–H groups in total. The van der Waals surface area contributed by atoms with Gasteiger partial charge in [-0.2, -0.15) is 0 Å². The molecule has 34 heavy (non-hydrogen) atoms. The summed E-state index contributed by atoms with van der Waals surface area (Å²) in [6, 6.07) is 4.04. The quantitative estimate of drug-likeness (QED) is 0.593. The van der Waals surface area contributed by atoms with Gasteiger partial charge in [0.25, 0.3) is 0 Å². The lowest BCUT2D eigenvalue weighted by atomic mass is 9.30. The molecule has 6 aliphatic carbocycles. The Morgan fingerprint density at radius 3 is 2.53 bits per heavy atom. The number of ether oxygens (including phenoxy) is 2. The first-order valence-electron chi connectivity index (χ1n) is 13.8. The third kappa shape index (κ3) is 2.26. The molecule has 2 spiro atoms. The maximum absolute atomic E-state index is 12.2. The van der Waals surface area contributed by atoms with Crippen LogP contribution in [0.5, 0.6) is 11.5 Å². The minimum atomic E-state index is -0.890. The summed E-state index contributed by atoms with van der Waals surface area (Å²) >= 11 is 0. The van der Waals surface area contributed by atoms with Crippen molar-refractivity contribution in [3.63, 3.8) is 0 Å². The lowest BCUT2D eigenvalue weighted by Gasteiger charge is -2.75. The van der Waals surface area contributed by atoms with E-state index in [1.807, 2.05) is 20.1 Å². The summed E-state index contributed by atoms with van der Waals surface area (Å²) in [4.78, 5) is 0. The van der Waals surface area contributed by atoms with E-state index in [0.29, 0.717) is 5.92 Å². The van der Waals surface area contributed by atoms with Gasteiger partial charge in [0, 0.05) is 24.0 Å². The average Bonchev–Trinajstić information content (AvgIpc) is 3.53. The van der Waals surface area contributed by atoms with E-state index in [9.17, 15) is 10.2 Å². The first-order valence-corrected chi connectivity index (χ1v) is 13.8. The maximum atomic E-state index is 12.2. The Balaban J connectivity index is 1.47. The minimum Gasteiger partial charge on any atom is -0.504 e. The zero-order valence-corrected chi connectivity index (χ0v) is 21.6. The summed E-state index contributed by atoms with van der Waals surface area (Å²) in [6.07, 6.45) is 10.6. The molecule has 7 aliphatic rings. The van der Waals surface area contributed by atoms with Crippen molar-refractivity contribution in [1.82, 2.24) is 0 Å². The van der Waals surface area contributed by atoms with Crippen LogP contribution in [-0.4, -0.2) is 34.6 Å². The average molecular weight is 467 g/mol. The molecule has 0 radical (unpaired) electrons. The van der Waals surface area contributed by atoms with E-state index in [2.05, 4.69) is 26.8 Å². The Morgan fingerprint density at radius 2 is 1.85 bits per heavy atom. The summed E-state index contributed by atoms with van der Waals surface area (Å²) in [5.41, 5.74) is 1.02. The smallest absolute Gasteiger partial charge is 0.165 e. The number of phenols is 1. The van der Waals surface area contributed by atoms with Crippen LogP contribution in [0.3, 0.4) is 0 Å². The highest BCUT2D eigenvalue weighted by atomic mass is 16.6. The molecule has 1 aliphatic heterocycles. The van der Waals surface area contributed by atoms with E-state index >= 15 is 0 Å². The number of aliphatic hydroxyl groups is 1. The number of hydrogen-bond acceptors (Lipinski definition) is 4. The second-order valence-electron chi connectivity index (χ2n) is 14.2. The summed E-state index contributed by atoms with van der Waals surface area (Å²) in [5, 5.41) is 23.2. The van der Waals surface area contributed by atoms with Crippen molar-refractivity contribution in [3.8, 4) is 11.5 Å². The van der Waals surface area contributed by atoms with Gasteiger partial charge < -0.3 is 19.7 Å².